The third-order valence-corrected chi connectivity index (χ3v) is 8.27. The number of aliphatic hydroxyl groups excluding tert-OH is 9. The number of carbonyl (C=O) groups is 2. The average Bonchev–Trinajstić information content (AvgIpc) is 3.00. The third-order valence-electron chi connectivity index (χ3n) is 8.27. The van der Waals surface area contributed by atoms with E-state index in [1.165, 1.54) is 13.8 Å². The molecule has 4 aliphatic heterocycles. The Hall–Kier alpha value is -1.74. The minimum absolute atomic E-state index is 1.08. The Balaban J connectivity index is 1.71. The van der Waals surface area contributed by atoms with Gasteiger partial charge in [0.1, 0.15) is 73.2 Å². The Labute approximate surface area is 259 Å². The molecule has 4 fully saturated rings. The van der Waals surface area contributed by atoms with Gasteiger partial charge in [-0.05, 0) is 13.8 Å². The van der Waals surface area contributed by atoms with Crippen molar-refractivity contribution in [3.63, 3.8) is 0 Å². The van der Waals surface area contributed by atoms with Crippen LogP contribution in [0.5, 0.6) is 0 Å². The zero-order valence-electron chi connectivity index (χ0n) is 24.5. The molecule has 4 heterocycles. The van der Waals surface area contributed by atoms with Crippen molar-refractivity contribution in [2.45, 2.75) is 137 Å². The highest BCUT2D eigenvalue weighted by Crippen LogP contribution is 2.36. The molecule has 0 aliphatic carbocycles. The average molecular weight is 677 g/mol. The fourth-order valence-corrected chi connectivity index (χ4v) is 5.57. The summed E-state index contributed by atoms with van der Waals surface area (Å²) in [6.45, 7) is 2.76. The van der Waals surface area contributed by atoms with Crippen molar-refractivity contribution >= 4 is 11.9 Å². The van der Waals surface area contributed by atoms with Gasteiger partial charge in [0.25, 0.3) is 0 Å². The van der Waals surface area contributed by atoms with E-state index in [4.69, 9.17) is 37.9 Å². The van der Waals surface area contributed by atoms with Crippen LogP contribution in [0, 0.1) is 0 Å². The molecule has 0 amide bonds. The van der Waals surface area contributed by atoms with Crippen molar-refractivity contribution in [3.05, 3.63) is 0 Å². The lowest BCUT2D eigenvalue weighted by atomic mass is 9.95. The van der Waals surface area contributed by atoms with E-state index in [1.807, 2.05) is 0 Å². The second-order valence-corrected chi connectivity index (χ2v) is 11.4. The van der Waals surface area contributed by atoms with Crippen molar-refractivity contribution < 1.29 is 104 Å². The summed E-state index contributed by atoms with van der Waals surface area (Å²) in [4.78, 5) is 23.4. The molecule has 4 rings (SSSR count). The smallest absolute Gasteiger partial charge is 0.335 e. The Morgan fingerprint density at radius 1 is 0.457 bits per heavy atom. The molecule has 4 saturated heterocycles. The van der Waals surface area contributed by atoms with Crippen LogP contribution in [0.4, 0.5) is 0 Å². The van der Waals surface area contributed by atoms with E-state index in [1.54, 1.807) is 0 Å². The number of carboxylic acid groups (broad SMARTS) is 2. The summed E-state index contributed by atoms with van der Waals surface area (Å²) in [5.41, 5.74) is 0. The van der Waals surface area contributed by atoms with Gasteiger partial charge in [0.05, 0.1) is 12.2 Å². The molecule has 0 aromatic heterocycles. The maximum atomic E-state index is 11.7. The molecular weight excluding hydrogens is 636 g/mol. The van der Waals surface area contributed by atoms with E-state index in [2.05, 4.69) is 0 Å². The number of hydrogen-bond donors (Lipinski definition) is 11. The minimum atomic E-state index is -2.12. The number of hydrogen-bond acceptors (Lipinski definition) is 19. The lowest BCUT2D eigenvalue weighted by molar-refractivity contribution is -0.401. The van der Waals surface area contributed by atoms with Gasteiger partial charge in [-0.1, -0.05) is 0 Å². The Kier molecular flexibility index (Phi) is 11.9. The van der Waals surface area contributed by atoms with Gasteiger partial charge in [0.2, 0.25) is 0 Å². The zero-order valence-corrected chi connectivity index (χ0v) is 24.5. The topological polar surface area (TPSA) is 331 Å². The molecule has 4 aliphatic rings. The summed E-state index contributed by atoms with van der Waals surface area (Å²) in [5, 5.41) is 112. The maximum absolute atomic E-state index is 11.7. The summed E-state index contributed by atoms with van der Waals surface area (Å²) in [6.07, 6.45) is -36.6. The van der Waals surface area contributed by atoms with Gasteiger partial charge in [-0.3, -0.25) is 0 Å². The number of carboxylic acids is 2. The van der Waals surface area contributed by atoms with Gasteiger partial charge in [0.15, 0.2) is 37.4 Å². The van der Waals surface area contributed by atoms with Crippen LogP contribution >= 0.6 is 0 Å². The molecule has 0 aromatic carbocycles. The van der Waals surface area contributed by atoms with E-state index in [-0.39, 0.29) is 0 Å². The summed E-state index contributed by atoms with van der Waals surface area (Å²) < 4.78 is 44.7. The van der Waals surface area contributed by atoms with E-state index in [0.717, 1.165) is 7.11 Å². The fraction of sp³-hybridized carbons (Fsp3) is 0.920. The van der Waals surface area contributed by atoms with E-state index in [0.29, 0.717) is 0 Å². The molecule has 0 aromatic rings. The van der Waals surface area contributed by atoms with Crippen molar-refractivity contribution in [2.75, 3.05) is 7.11 Å². The fourth-order valence-electron chi connectivity index (χ4n) is 5.57. The van der Waals surface area contributed by atoms with Gasteiger partial charge in [-0.15, -0.1) is 0 Å². The van der Waals surface area contributed by atoms with Crippen molar-refractivity contribution in [3.8, 4) is 0 Å². The van der Waals surface area contributed by atoms with Crippen molar-refractivity contribution in [1.29, 1.82) is 0 Å². The van der Waals surface area contributed by atoms with Gasteiger partial charge in [0, 0.05) is 7.11 Å². The molecule has 0 saturated carbocycles. The standard InChI is InChI=1S/C25H40O21/c1-4-6(26)7(27)12(32)22(40-4)42-15-5(2)41-25(39-3)19(46-24-14(34)9(29)11(31)17(44-24)21(37)38)18(15)45-23-13(33)8(28)10(30)16(43-23)20(35)36/h4-19,22-34H,1-3H3,(H,35,36)(H,37,38)/t4-,5-,6+,7+,8-,9+,10+,11-,12-,13+,14-,15-,16-,17+,18+,19+,22-,23-,24-,25+/m0/s1. The summed E-state index contributed by atoms with van der Waals surface area (Å²) in [7, 11) is 1.13. The quantitative estimate of drug-likeness (QED) is 0.108. The molecular formula is C25H40O21. The third kappa shape index (κ3) is 7.16. The molecule has 0 spiro atoms. The van der Waals surface area contributed by atoms with Crippen LogP contribution in [0.3, 0.4) is 0 Å². The number of ether oxygens (including phenoxy) is 8. The van der Waals surface area contributed by atoms with Crippen LogP contribution in [0.1, 0.15) is 13.8 Å². The maximum Gasteiger partial charge on any atom is 0.335 e. The van der Waals surface area contributed by atoms with Crippen LogP contribution in [0.15, 0.2) is 0 Å². The first-order valence-electron chi connectivity index (χ1n) is 14.2. The largest absolute Gasteiger partial charge is 0.479 e. The predicted molar refractivity (Wildman–Crippen MR) is 137 cm³/mol. The number of aliphatic hydroxyl groups is 9. The molecule has 0 radical (unpaired) electrons. The Bertz CT molecular complexity index is 1050. The van der Waals surface area contributed by atoms with Gasteiger partial charge in [-0.25, -0.2) is 9.59 Å². The molecule has 20 atom stereocenters. The van der Waals surface area contributed by atoms with Gasteiger partial charge in [-0.2, -0.15) is 0 Å². The monoisotopic (exact) mass is 676 g/mol. The highest BCUT2D eigenvalue weighted by molar-refractivity contribution is 5.73. The van der Waals surface area contributed by atoms with Gasteiger partial charge >= 0.3 is 11.9 Å². The molecule has 21 nitrogen and oxygen atoms in total. The number of methoxy groups -OCH3 is 1. The molecule has 46 heavy (non-hydrogen) atoms. The number of rotatable bonds is 9. The Morgan fingerprint density at radius 3 is 1.26 bits per heavy atom. The van der Waals surface area contributed by atoms with Gasteiger partial charge < -0.3 is 94.1 Å². The first-order chi connectivity index (χ1) is 21.5. The van der Waals surface area contributed by atoms with Crippen LogP contribution < -0.4 is 0 Å². The summed E-state index contributed by atoms with van der Waals surface area (Å²) >= 11 is 0. The first kappa shape index (κ1) is 37.1. The second kappa shape index (κ2) is 14.8. The molecule has 266 valence electrons. The van der Waals surface area contributed by atoms with Crippen molar-refractivity contribution in [1.82, 2.24) is 0 Å². The molecule has 21 heteroatoms. The predicted octanol–water partition coefficient (Wildman–Crippen LogP) is -6.85. The zero-order chi connectivity index (χ0) is 34.4. The normalized spacial score (nSPS) is 51.8. The molecule has 11 N–H and O–H groups in total. The lowest BCUT2D eigenvalue weighted by Gasteiger charge is -2.50. The van der Waals surface area contributed by atoms with E-state index >= 15 is 0 Å². The Morgan fingerprint density at radius 2 is 0.826 bits per heavy atom. The van der Waals surface area contributed by atoms with Crippen LogP contribution in [0.25, 0.3) is 0 Å². The lowest BCUT2D eigenvalue weighted by Crippen LogP contribution is -2.68. The van der Waals surface area contributed by atoms with E-state index in [9.17, 15) is 65.8 Å². The highest BCUT2D eigenvalue weighted by Gasteiger charge is 2.57. The highest BCUT2D eigenvalue weighted by atomic mass is 16.8. The van der Waals surface area contributed by atoms with Crippen molar-refractivity contribution in [2.24, 2.45) is 0 Å². The SMILES string of the molecule is CO[C@@H]1O[C@@H](C)[C@H](O[C@@H]2O[C@@H](C)[C@@H](O)[C@@H](O)[C@@H]2O)[C@@H](O[C@@H]2O[C@H](C(=O)O)[C@H](O)[C@H](O)[C@H]2O)[C@H]1O[C@@H]1O[C@@H](C(=O)O)[C@@H](O)[C@@H](O)[C@@H]1O. The summed E-state index contributed by atoms with van der Waals surface area (Å²) in [6, 6.07) is 0. The molecule has 0 bridgehead atoms. The molecule has 0 unspecified atom stereocenters. The van der Waals surface area contributed by atoms with Crippen LogP contribution in [-0.4, -0.2) is 198 Å². The summed E-state index contributed by atoms with van der Waals surface area (Å²) in [5.74, 6) is -3.48. The second-order valence-electron chi connectivity index (χ2n) is 11.4. The van der Waals surface area contributed by atoms with E-state index < -0.39 is 135 Å². The number of aliphatic carboxylic acids is 2. The first-order valence-corrected chi connectivity index (χ1v) is 14.2. The van der Waals surface area contributed by atoms with Crippen LogP contribution in [0.2, 0.25) is 0 Å². The van der Waals surface area contributed by atoms with Crippen LogP contribution in [-0.2, 0) is 47.5 Å². The minimum Gasteiger partial charge on any atom is -0.479 e.